The van der Waals surface area contributed by atoms with Gasteiger partial charge in [-0.1, -0.05) is 46.8 Å². The highest BCUT2D eigenvalue weighted by Crippen LogP contribution is 2.23. The van der Waals surface area contributed by atoms with E-state index < -0.39 is 0 Å². The summed E-state index contributed by atoms with van der Waals surface area (Å²) in [5.41, 5.74) is 2.55. The van der Waals surface area contributed by atoms with Crippen molar-refractivity contribution in [2.24, 2.45) is 11.3 Å². The van der Waals surface area contributed by atoms with Crippen molar-refractivity contribution in [2.45, 2.75) is 47.8 Å². The standard InChI is InChI=1S/C14H27NO/c1-10(2)12(4)13(16-8)15-9-11(3)14(5,6)7/h9-10,13,15H,4H2,1-3,5-8H3/b11-9+. The molecule has 1 atom stereocenters. The lowest BCUT2D eigenvalue weighted by Gasteiger charge is -2.24. The zero-order chi connectivity index (χ0) is 12.9. The molecule has 0 aliphatic rings. The first-order valence-corrected chi connectivity index (χ1v) is 5.85. The van der Waals surface area contributed by atoms with Crippen LogP contribution >= 0.6 is 0 Å². The van der Waals surface area contributed by atoms with Gasteiger partial charge < -0.3 is 10.1 Å². The van der Waals surface area contributed by atoms with Gasteiger partial charge in [0.25, 0.3) is 0 Å². The third kappa shape index (κ3) is 4.84. The van der Waals surface area contributed by atoms with Crippen LogP contribution in [0.4, 0.5) is 0 Å². The third-order valence-corrected chi connectivity index (χ3v) is 2.95. The lowest BCUT2D eigenvalue weighted by Crippen LogP contribution is -2.31. The Morgan fingerprint density at radius 3 is 2.12 bits per heavy atom. The topological polar surface area (TPSA) is 21.3 Å². The fourth-order valence-electron chi connectivity index (χ4n) is 1.05. The Morgan fingerprint density at radius 2 is 1.81 bits per heavy atom. The molecule has 0 rings (SSSR count). The van der Waals surface area contributed by atoms with Crippen molar-refractivity contribution in [1.29, 1.82) is 0 Å². The largest absolute Gasteiger partial charge is 0.363 e. The maximum absolute atomic E-state index is 5.38. The van der Waals surface area contributed by atoms with Crippen LogP contribution in [0.2, 0.25) is 0 Å². The lowest BCUT2D eigenvalue weighted by molar-refractivity contribution is 0.108. The smallest absolute Gasteiger partial charge is 0.149 e. The van der Waals surface area contributed by atoms with E-state index >= 15 is 0 Å². The van der Waals surface area contributed by atoms with Gasteiger partial charge in [-0.3, -0.25) is 0 Å². The average Bonchev–Trinajstić information content (AvgIpc) is 2.16. The van der Waals surface area contributed by atoms with Gasteiger partial charge in [-0.25, -0.2) is 0 Å². The average molecular weight is 225 g/mol. The monoisotopic (exact) mass is 225 g/mol. The highest BCUT2D eigenvalue weighted by atomic mass is 16.5. The van der Waals surface area contributed by atoms with Crippen LogP contribution in [0, 0.1) is 11.3 Å². The molecule has 0 amide bonds. The van der Waals surface area contributed by atoms with Gasteiger partial charge in [0.15, 0.2) is 0 Å². The molecule has 0 spiro atoms. The van der Waals surface area contributed by atoms with E-state index in [1.807, 2.05) is 6.20 Å². The van der Waals surface area contributed by atoms with Crippen LogP contribution < -0.4 is 5.32 Å². The lowest BCUT2D eigenvalue weighted by atomic mass is 9.88. The van der Waals surface area contributed by atoms with Crippen LogP contribution in [0.3, 0.4) is 0 Å². The van der Waals surface area contributed by atoms with Gasteiger partial charge in [0.1, 0.15) is 6.23 Å². The molecule has 0 aliphatic heterocycles. The van der Waals surface area contributed by atoms with E-state index in [-0.39, 0.29) is 11.6 Å². The first-order chi connectivity index (χ1) is 7.20. The number of methoxy groups -OCH3 is 1. The van der Waals surface area contributed by atoms with E-state index in [0.717, 1.165) is 5.57 Å². The quantitative estimate of drug-likeness (QED) is 0.569. The minimum absolute atomic E-state index is 0.0997. The molecular formula is C14H27NO. The van der Waals surface area contributed by atoms with E-state index in [2.05, 4.69) is 53.4 Å². The molecule has 0 saturated carbocycles. The molecule has 0 aromatic rings. The second kappa shape index (κ2) is 6.09. The number of nitrogens with one attached hydrogen (secondary N) is 1. The molecule has 0 saturated heterocycles. The maximum atomic E-state index is 5.38. The molecular weight excluding hydrogens is 198 g/mol. The Balaban J connectivity index is 4.53. The zero-order valence-corrected chi connectivity index (χ0v) is 11.8. The Labute approximate surface area is 101 Å². The summed E-state index contributed by atoms with van der Waals surface area (Å²) >= 11 is 0. The molecule has 1 unspecified atom stereocenters. The summed E-state index contributed by atoms with van der Waals surface area (Å²) in [5.74, 6) is 0.417. The summed E-state index contributed by atoms with van der Waals surface area (Å²) in [6, 6.07) is 0. The number of rotatable bonds is 5. The van der Waals surface area contributed by atoms with Crippen molar-refractivity contribution in [3.8, 4) is 0 Å². The van der Waals surface area contributed by atoms with Gasteiger partial charge in [-0.15, -0.1) is 0 Å². The SMILES string of the molecule is C=C(C(C)C)C(N/C=C(\C)C(C)(C)C)OC. The van der Waals surface area contributed by atoms with E-state index in [4.69, 9.17) is 4.74 Å². The second-order valence-electron chi connectivity index (χ2n) is 5.59. The highest BCUT2D eigenvalue weighted by Gasteiger charge is 2.15. The van der Waals surface area contributed by atoms with Crippen molar-refractivity contribution < 1.29 is 4.74 Å². The second-order valence-corrected chi connectivity index (χ2v) is 5.59. The Bertz CT molecular complexity index is 258. The van der Waals surface area contributed by atoms with Crippen molar-refractivity contribution in [3.63, 3.8) is 0 Å². The van der Waals surface area contributed by atoms with Gasteiger partial charge in [0.05, 0.1) is 0 Å². The van der Waals surface area contributed by atoms with E-state index in [9.17, 15) is 0 Å². The normalized spacial score (nSPS) is 15.1. The fraction of sp³-hybridized carbons (Fsp3) is 0.714. The maximum Gasteiger partial charge on any atom is 0.149 e. The van der Waals surface area contributed by atoms with Gasteiger partial charge in [-0.2, -0.15) is 0 Å². The number of allylic oxidation sites excluding steroid dienone is 1. The molecule has 16 heavy (non-hydrogen) atoms. The molecule has 0 aromatic carbocycles. The third-order valence-electron chi connectivity index (χ3n) is 2.95. The first kappa shape index (κ1) is 15.2. The summed E-state index contributed by atoms with van der Waals surface area (Å²) in [6.45, 7) is 17.0. The van der Waals surface area contributed by atoms with Crippen LogP contribution in [0.5, 0.6) is 0 Å². The molecule has 1 N–H and O–H groups in total. The molecule has 0 fully saturated rings. The van der Waals surface area contributed by atoms with Gasteiger partial charge in [-0.05, 0) is 30.0 Å². The molecule has 2 nitrogen and oxygen atoms in total. The predicted octanol–water partition coefficient (Wildman–Crippen LogP) is 3.71. The minimum Gasteiger partial charge on any atom is -0.363 e. The molecule has 0 aromatic heterocycles. The fourth-order valence-corrected chi connectivity index (χ4v) is 1.05. The minimum atomic E-state index is -0.0997. The molecule has 0 bridgehead atoms. The molecule has 0 aliphatic carbocycles. The molecule has 0 heterocycles. The van der Waals surface area contributed by atoms with Crippen LogP contribution in [0.1, 0.15) is 41.5 Å². The van der Waals surface area contributed by atoms with E-state index in [0.29, 0.717) is 5.92 Å². The van der Waals surface area contributed by atoms with Crippen molar-refractivity contribution in [3.05, 3.63) is 23.9 Å². The summed E-state index contributed by atoms with van der Waals surface area (Å²) in [4.78, 5) is 0. The van der Waals surface area contributed by atoms with Crippen molar-refractivity contribution in [1.82, 2.24) is 5.32 Å². The van der Waals surface area contributed by atoms with Crippen LogP contribution in [-0.4, -0.2) is 13.3 Å². The number of hydrogen-bond donors (Lipinski definition) is 1. The summed E-state index contributed by atoms with van der Waals surface area (Å²) in [6.07, 6.45) is 1.93. The molecule has 94 valence electrons. The zero-order valence-electron chi connectivity index (χ0n) is 11.8. The van der Waals surface area contributed by atoms with Crippen molar-refractivity contribution in [2.75, 3.05) is 7.11 Å². The first-order valence-electron chi connectivity index (χ1n) is 5.85. The molecule has 2 heteroatoms. The summed E-state index contributed by atoms with van der Waals surface area (Å²) in [5, 5.41) is 3.27. The van der Waals surface area contributed by atoms with Gasteiger partial charge in [0.2, 0.25) is 0 Å². The van der Waals surface area contributed by atoms with E-state index in [1.54, 1.807) is 7.11 Å². The van der Waals surface area contributed by atoms with Crippen LogP contribution in [-0.2, 0) is 4.74 Å². The van der Waals surface area contributed by atoms with Gasteiger partial charge >= 0.3 is 0 Å². The number of hydrogen-bond acceptors (Lipinski definition) is 2. The van der Waals surface area contributed by atoms with Crippen LogP contribution in [0.25, 0.3) is 0 Å². The molecule has 0 radical (unpaired) electrons. The Kier molecular flexibility index (Phi) is 5.80. The van der Waals surface area contributed by atoms with Gasteiger partial charge in [0, 0.05) is 7.11 Å². The summed E-state index contributed by atoms with van der Waals surface area (Å²) in [7, 11) is 1.70. The predicted molar refractivity (Wildman–Crippen MR) is 71.1 cm³/mol. The Hall–Kier alpha value is -0.760. The van der Waals surface area contributed by atoms with Crippen molar-refractivity contribution >= 4 is 0 Å². The highest BCUT2D eigenvalue weighted by molar-refractivity contribution is 5.10. The number of ether oxygens (including phenoxy) is 1. The summed E-state index contributed by atoms with van der Waals surface area (Å²) < 4.78 is 5.38. The Morgan fingerprint density at radius 1 is 1.31 bits per heavy atom. The van der Waals surface area contributed by atoms with E-state index in [1.165, 1.54) is 5.57 Å². The van der Waals surface area contributed by atoms with Crippen LogP contribution in [0.15, 0.2) is 23.9 Å².